The molecule has 134 valence electrons. The minimum Gasteiger partial charge on any atom is -0.406 e. The molecule has 0 radical (unpaired) electrons. The van der Waals surface area contributed by atoms with Gasteiger partial charge in [-0.25, -0.2) is 8.42 Å². The molecule has 0 unspecified atom stereocenters. The Morgan fingerprint density at radius 2 is 1.84 bits per heavy atom. The van der Waals surface area contributed by atoms with Crippen LogP contribution in [0.15, 0.2) is 47.4 Å². The molecule has 0 heterocycles. The maximum atomic E-state index is 12.4. The van der Waals surface area contributed by atoms with E-state index in [2.05, 4.69) is 9.46 Å². The Hall–Kier alpha value is -2.82. The van der Waals surface area contributed by atoms with Crippen LogP contribution in [0.3, 0.4) is 0 Å². The van der Waals surface area contributed by atoms with Crippen LogP contribution in [0.4, 0.5) is 24.5 Å². The highest BCUT2D eigenvalue weighted by Gasteiger charge is 2.31. The first-order chi connectivity index (χ1) is 11.5. The largest absolute Gasteiger partial charge is 0.573 e. The van der Waals surface area contributed by atoms with Crippen LogP contribution in [0.1, 0.15) is 5.56 Å². The van der Waals surface area contributed by atoms with E-state index in [0.29, 0.717) is 0 Å². The van der Waals surface area contributed by atoms with Gasteiger partial charge >= 0.3 is 6.36 Å². The van der Waals surface area contributed by atoms with E-state index in [4.69, 9.17) is 0 Å². The first kappa shape index (κ1) is 18.5. The van der Waals surface area contributed by atoms with Crippen molar-refractivity contribution in [3.63, 3.8) is 0 Å². The summed E-state index contributed by atoms with van der Waals surface area (Å²) >= 11 is 0. The number of nitro groups is 1. The number of hydrogen-bond donors (Lipinski definition) is 1. The second-order valence-corrected chi connectivity index (χ2v) is 6.54. The highest BCUT2D eigenvalue weighted by atomic mass is 32.2. The van der Waals surface area contributed by atoms with Gasteiger partial charge in [-0.05, 0) is 24.6 Å². The molecule has 0 aliphatic heterocycles. The number of alkyl halides is 3. The van der Waals surface area contributed by atoms with E-state index in [-0.39, 0.29) is 16.1 Å². The molecule has 0 aliphatic carbocycles. The zero-order chi connectivity index (χ0) is 18.8. The Morgan fingerprint density at radius 3 is 2.44 bits per heavy atom. The molecule has 2 aromatic carbocycles. The van der Waals surface area contributed by atoms with Crippen molar-refractivity contribution in [3.05, 3.63) is 58.1 Å². The molecule has 25 heavy (non-hydrogen) atoms. The van der Waals surface area contributed by atoms with Gasteiger partial charge in [0.15, 0.2) is 0 Å². The van der Waals surface area contributed by atoms with Crippen LogP contribution >= 0.6 is 0 Å². The van der Waals surface area contributed by atoms with Crippen LogP contribution in [-0.4, -0.2) is 19.7 Å². The smallest absolute Gasteiger partial charge is 0.406 e. The molecule has 11 heteroatoms. The summed E-state index contributed by atoms with van der Waals surface area (Å²) in [6.45, 7) is 1.43. The molecular weight excluding hydrogens is 365 g/mol. The van der Waals surface area contributed by atoms with Crippen LogP contribution in [-0.2, 0) is 10.0 Å². The average molecular weight is 376 g/mol. The molecule has 0 aromatic heterocycles. The number of benzene rings is 2. The Kier molecular flexibility index (Phi) is 4.88. The van der Waals surface area contributed by atoms with Gasteiger partial charge in [0.1, 0.15) is 5.75 Å². The van der Waals surface area contributed by atoms with Crippen molar-refractivity contribution in [2.45, 2.75) is 18.2 Å². The average Bonchev–Trinajstić information content (AvgIpc) is 2.45. The summed E-state index contributed by atoms with van der Waals surface area (Å²) in [6, 6.07) is 7.50. The maximum absolute atomic E-state index is 12.4. The van der Waals surface area contributed by atoms with Gasteiger partial charge in [0.2, 0.25) is 0 Å². The van der Waals surface area contributed by atoms with E-state index < -0.39 is 32.7 Å². The monoisotopic (exact) mass is 376 g/mol. The Balaban J connectivity index is 2.35. The van der Waals surface area contributed by atoms with Crippen molar-refractivity contribution in [1.82, 2.24) is 0 Å². The summed E-state index contributed by atoms with van der Waals surface area (Å²) in [5, 5.41) is 10.8. The fourth-order valence-corrected chi connectivity index (χ4v) is 3.27. The first-order valence-corrected chi connectivity index (χ1v) is 8.10. The molecular formula is C14H11F3N2O5S. The normalized spacial score (nSPS) is 11.8. The molecule has 2 aromatic rings. The van der Waals surface area contributed by atoms with Gasteiger partial charge in [0, 0.05) is 18.2 Å². The number of aryl methyl sites for hydroxylation is 1. The third-order valence-corrected chi connectivity index (χ3v) is 4.52. The Labute approximate surface area is 140 Å². The first-order valence-electron chi connectivity index (χ1n) is 6.61. The zero-order valence-electron chi connectivity index (χ0n) is 12.6. The van der Waals surface area contributed by atoms with Gasteiger partial charge in [0.05, 0.1) is 15.5 Å². The van der Waals surface area contributed by atoms with Crippen LogP contribution in [0.25, 0.3) is 0 Å². The number of halogens is 3. The minimum atomic E-state index is -4.92. The van der Waals surface area contributed by atoms with Crippen LogP contribution < -0.4 is 9.46 Å². The molecule has 1 N–H and O–H groups in total. The second kappa shape index (κ2) is 6.59. The van der Waals surface area contributed by atoms with E-state index in [1.165, 1.54) is 25.1 Å². The van der Waals surface area contributed by atoms with Crippen molar-refractivity contribution >= 4 is 21.4 Å². The van der Waals surface area contributed by atoms with Crippen molar-refractivity contribution in [3.8, 4) is 5.75 Å². The predicted molar refractivity (Wildman–Crippen MR) is 81.8 cm³/mol. The molecule has 0 atom stereocenters. The molecule has 2 rings (SSSR count). The number of nitrogens with one attached hydrogen (secondary N) is 1. The Bertz CT molecular complexity index is 913. The number of rotatable bonds is 5. The predicted octanol–water partition coefficient (Wildman–Crippen LogP) is 3.60. The lowest BCUT2D eigenvalue weighted by Gasteiger charge is -2.12. The summed E-state index contributed by atoms with van der Waals surface area (Å²) in [4.78, 5) is 9.68. The summed E-state index contributed by atoms with van der Waals surface area (Å²) in [5.41, 5.74) is -0.381. The minimum absolute atomic E-state index is 0.187. The fourth-order valence-electron chi connectivity index (χ4n) is 1.96. The lowest BCUT2D eigenvalue weighted by Crippen LogP contribution is -2.18. The quantitative estimate of drug-likeness (QED) is 0.635. The van der Waals surface area contributed by atoms with E-state index in [1.54, 1.807) is 0 Å². The topological polar surface area (TPSA) is 98.5 Å². The lowest BCUT2D eigenvalue weighted by atomic mass is 10.2. The third kappa shape index (κ3) is 4.83. The van der Waals surface area contributed by atoms with E-state index in [0.717, 1.165) is 24.3 Å². The summed E-state index contributed by atoms with van der Waals surface area (Å²) in [6.07, 6.45) is -4.92. The van der Waals surface area contributed by atoms with Crippen molar-refractivity contribution in [2.75, 3.05) is 4.72 Å². The van der Waals surface area contributed by atoms with Crippen molar-refractivity contribution in [1.29, 1.82) is 0 Å². The molecule has 0 saturated carbocycles. The summed E-state index contributed by atoms with van der Waals surface area (Å²) in [5.74, 6) is -0.608. The highest BCUT2D eigenvalue weighted by molar-refractivity contribution is 7.92. The molecule has 0 fully saturated rings. The van der Waals surface area contributed by atoms with E-state index in [1.807, 2.05) is 0 Å². The van der Waals surface area contributed by atoms with E-state index >= 15 is 0 Å². The highest BCUT2D eigenvalue weighted by Crippen LogP contribution is 2.28. The van der Waals surface area contributed by atoms with Crippen molar-refractivity contribution < 1.29 is 31.2 Å². The summed E-state index contributed by atoms with van der Waals surface area (Å²) in [7, 11) is -4.25. The SMILES string of the molecule is Cc1ccc([N+](=O)[O-])cc1S(=O)(=O)Nc1cccc(OC(F)(F)F)c1. The van der Waals surface area contributed by atoms with Gasteiger partial charge < -0.3 is 4.74 Å². The number of ether oxygens (including phenoxy) is 1. The van der Waals surface area contributed by atoms with Crippen LogP contribution in [0.5, 0.6) is 5.75 Å². The van der Waals surface area contributed by atoms with Gasteiger partial charge in [-0.2, -0.15) is 0 Å². The number of hydrogen-bond acceptors (Lipinski definition) is 5. The standard InChI is InChI=1S/C14H11F3N2O5S/c1-9-5-6-11(19(20)21)8-13(9)25(22,23)18-10-3-2-4-12(7-10)24-14(15,16)17/h2-8,18H,1H3. The van der Waals surface area contributed by atoms with Gasteiger partial charge in [-0.1, -0.05) is 12.1 Å². The lowest BCUT2D eigenvalue weighted by molar-refractivity contribution is -0.385. The molecule has 0 aliphatic rings. The van der Waals surface area contributed by atoms with Crippen LogP contribution in [0, 0.1) is 17.0 Å². The Morgan fingerprint density at radius 1 is 1.16 bits per heavy atom. The molecule has 0 spiro atoms. The number of non-ortho nitro benzene ring substituents is 1. The zero-order valence-corrected chi connectivity index (χ0v) is 13.4. The number of nitrogens with zero attached hydrogens (tertiary/aromatic N) is 1. The molecule has 0 bridgehead atoms. The number of anilines is 1. The van der Waals surface area contributed by atoms with Crippen LogP contribution in [0.2, 0.25) is 0 Å². The third-order valence-electron chi connectivity index (χ3n) is 2.99. The fraction of sp³-hybridized carbons (Fsp3) is 0.143. The number of nitro benzene ring substituents is 1. The summed E-state index contributed by atoms with van der Waals surface area (Å²) < 4.78 is 67.2. The number of sulfonamides is 1. The van der Waals surface area contributed by atoms with Crippen molar-refractivity contribution in [2.24, 2.45) is 0 Å². The second-order valence-electron chi connectivity index (χ2n) is 4.89. The van der Waals surface area contributed by atoms with Gasteiger partial charge in [0.25, 0.3) is 15.7 Å². The molecule has 7 nitrogen and oxygen atoms in total. The maximum Gasteiger partial charge on any atom is 0.573 e. The van der Waals surface area contributed by atoms with Gasteiger partial charge in [-0.15, -0.1) is 13.2 Å². The molecule has 0 amide bonds. The molecule has 0 saturated heterocycles. The van der Waals surface area contributed by atoms with Gasteiger partial charge in [-0.3, -0.25) is 14.8 Å². The van der Waals surface area contributed by atoms with E-state index in [9.17, 15) is 31.7 Å².